The number of aryl methyl sites for hydroxylation is 1. The zero-order chi connectivity index (χ0) is 16.9. The lowest BCUT2D eigenvalue weighted by Gasteiger charge is -2.07. The number of carbonyl (C=O) groups excluding carboxylic acids is 1. The molecule has 5 nitrogen and oxygen atoms in total. The Labute approximate surface area is 145 Å². The van der Waals surface area contributed by atoms with Gasteiger partial charge in [0, 0.05) is 41.6 Å². The van der Waals surface area contributed by atoms with E-state index in [4.69, 9.17) is 11.6 Å². The molecule has 0 fully saturated rings. The van der Waals surface area contributed by atoms with Crippen LogP contribution in [0.5, 0.6) is 0 Å². The van der Waals surface area contributed by atoms with Gasteiger partial charge in [-0.1, -0.05) is 11.6 Å². The summed E-state index contributed by atoms with van der Waals surface area (Å²) < 4.78 is 2.12. The molecule has 2 heterocycles. The van der Waals surface area contributed by atoms with Crippen LogP contribution < -0.4 is 10.6 Å². The van der Waals surface area contributed by atoms with Crippen molar-refractivity contribution in [2.24, 2.45) is 0 Å². The molecule has 0 radical (unpaired) electrons. The van der Waals surface area contributed by atoms with Gasteiger partial charge in [-0.05, 0) is 55.3 Å². The highest BCUT2D eigenvalue weighted by Crippen LogP contribution is 2.19. The van der Waals surface area contributed by atoms with Gasteiger partial charge in [0.05, 0.1) is 0 Å². The van der Waals surface area contributed by atoms with Gasteiger partial charge in [0.25, 0.3) is 0 Å². The van der Waals surface area contributed by atoms with Gasteiger partial charge in [-0.2, -0.15) is 0 Å². The van der Waals surface area contributed by atoms with Crippen molar-refractivity contribution in [1.29, 1.82) is 0 Å². The molecule has 0 unspecified atom stereocenters. The van der Waals surface area contributed by atoms with Gasteiger partial charge in [0.2, 0.25) is 0 Å². The summed E-state index contributed by atoms with van der Waals surface area (Å²) in [7, 11) is 0. The molecule has 3 rings (SSSR count). The van der Waals surface area contributed by atoms with Crippen molar-refractivity contribution in [2.75, 3.05) is 11.9 Å². The molecule has 3 aromatic rings. The maximum Gasteiger partial charge on any atom is 0.319 e. The number of fused-ring (bicyclic) bond motifs is 1. The summed E-state index contributed by atoms with van der Waals surface area (Å²) in [4.78, 5) is 16.4. The SMILES string of the molecule is CCn1cc(CCNC(=O)Nc2ccc(Cl)cc2)c2cccnc21. The van der Waals surface area contributed by atoms with Gasteiger partial charge < -0.3 is 15.2 Å². The number of pyridine rings is 1. The van der Waals surface area contributed by atoms with Gasteiger partial charge in [-0.15, -0.1) is 0 Å². The first-order valence-corrected chi connectivity index (χ1v) is 8.28. The Bertz CT molecular complexity index is 842. The zero-order valence-electron chi connectivity index (χ0n) is 13.4. The molecule has 2 aromatic heterocycles. The fourth-order valence-corrected chi connectivity index (χ4v) is 2.78. The predicted octanol–water partition coefficient (Wildman–Crippen LogP) is 4.07. The molecule has 0 aliphatic rings. The molecule has 124 valence electrons. The monoisotopic (exact) mass is 342 g/mol. The van der Waals surface area contributed by atoms with E-state index < -0.39 is 0 Å². The second-order valence-corrected chi connectivity index (χ2v) is 5.89. The second-order valence-electron chi connectivity index (χ2n) is 5.45. The maximum absolute atomic E-state index is 11.9. The normalized spacial score (nSPS) is 10.8. The average molecular weight is 343 g/mol. The van der Waals surface area contributed by atoms with E-state index >= 15 is 0 Å². The van der Waals surface area contributed by atoms with Gasteiger partial charge >= 0.3 is 6.03 Å². The van der Waals surface area contributed by atoms with E-state index in [1.165, 1.54) is 5.56 Å². The number of amides is 2. The molecule has 2 amide bonds. The molecule has 0 saturated carbocycles. The number of nitrogens with zero attached hydrogens (tertiary/aromatic N) is 2. The van der Waals surface area contributed by atoms with E-state index in [9.17, 15) is 4.79 Å². The lowest BCUT2D eigenvalue weighted by Crippen LogP contribution is -2.30. The molecule has 1 aromatic carbocycles. The number of anilines is 1. The summed E-state index contributed by atoms with van der Waals surface area (Å²) in [5.41, 5.74) is 2.89. The predicted molar refractivity (Wildman–Crippen MR) is 97.6 cm³/mol. The van der Waals surface area contributed by atoms with Crippen molar-refractivity contribution in [3.05, 3.63) is 59.4 Å². The molecule has 0 atom stereocenters. The van der Waals surface area contributed by atoms with Crippen molar-refractivity contribution in [2.45, 2.75) is 19.9 Å². The Morgan fingerprint density at radius 2 is 2.04 bits per heavy atom. The third-order valence-corrected chi connectivity index (χ3v) is 4.09. The van der Waals surface area contributed by atoms with E-state index in [-0.39, 0.29) is 6.03 Å². The van der Waals surface area contributed by atoms with Gasteiger partial charge in [-0.3, -0.25) is 0 Å². The van der Waals surface area contributed by atoms with Crippen LogP contribution in [-0.4, -0.2) is 22.1 Å². The van der Waals surface area contributed by atoms with Crippen LogP contribution in [0.25, 0.3) is 11.0 Å². The van der Waals surface area contributed by atoms with Crippen LogP contribution in [0.2, 0.25) is 5.02 Å². The smallest absolute Gasteiger partial charge is 0.319 e. The number of urea groups is 1. The number of benzene rings is 1. The standard InChI is InChI=1S/C18H19ClN4O/c1-2-23-12-13(16-4-3-10-20-17(16)23)9-11-21-18(24)22-15-7-5-14(19)6-8-15/h3-8,10,12H,2,9,11H2,1H3,(H2,21,22,24). The third kappa shape index (κ3) is 3.68. The summed E-state index contributed by atoms with van der Waals surface area (Å²) in [5, 5.41) is 7.44. The molecular formula is C18H19ClN4O. The number of hydrogen-bond donors (Lipinski definition) is 2. The van der Waals surface area contributed by atoms with E-state index in [0.717, 1.165) is 24.0 Å². The summed E-state index contributed by atoms with van der Waals surface area (Å²) >= 11 is 5.83. The van der Waals surface area contributed by atoms with Crippen molar-refractivity contribution in [3.63, 3.8) is 0 Å². The molecule has 24 heavy (non-hydrogen) atoms. The summed E-state index contributed by atoms with van der Waals surface area (Å²) in [5.74, 6) is 0. The number of rotatable bonds is 5. The van der Waals surface area contributed by atoms with Crippen LogP contribution in [0, 0.1) is 0 Å². The summed E-state index contributed by atoms with van der Waals surface area (Å²) in [6.45, 7) is 3.52. The Morgan fingerprint density at radius 3 is 2.79 bits per heavy atom. The highest BCUT2D eigenvalue weighted by atomic mass is 35.5. The van der Waals surface area contributed by atoms with Crippen LogP contribution in [0.15, 0.2) is 48.8 Å². The molecule has 0 spiro atoms. The van der Waals surface area contributed by atoms with Crippen molar-refractivity contribution in [3.8, 4) is 0 Å². The minimum atomic E-state index is -0.227. The Kier molecular flexibility index (Phi) is 5.01. The van der Waals surface area contributed by atoms with Crippen LogP contribution in [0.4, 0.5) is 10.5 Å². The van der Waals surface area contributed by atoms with Gasteiger partial charge in [-0.25, -0.2) is 9.78 Å². The van der Waals surface area contributed by atoms with Crippen LogP contribution in [-0.2, 0) is 13.0 Å². The topological polar surface area (TPSA) is 59.0 Å². The second kappa shape index (κ2) is 7.36. The largest absolute Gasteiger partial charge is 0.338 e. The van der Waals surface area contributed by atoms with E-state index in [1.807, 2.05) is 6.07 Å². The molecule has 0 aliphatic heterocycles. The first-order valence-electron chi connectivity index (χ1n) is 7.90. The average Bonchev–Trinajstić information content (AvgIpc) is 2.95. The quantitative estimate of drug-likeness (QED) is 0.734. The zero-order valence-corrected chi connectivity index (χ0v) is 14.2. The molecule has 0 aliphatic carbocycles. The summed E-state index contributed by atoms with van der Waals surface area (Å²) in [6, 6.07) is 10.8. The first kappa shape index (κ1) is 16.3. The fraction of sp³-hybridized carbons (Fsp3) is 0.222. The molecule has 2 N–H and O–H groups in total. The highest BCUT2D eigenvalue weighted by molar-refractivity contribution is 6.30. The van der Waals surface area contributed by atoms with Crippen LogP contribution in [0.3, 0.4) is 0 Å². The number of aromatic nitrogens is 2. The Morgan fingerprint density at radius 1 is 1.25 bits per heavy atom. The van der Waals surface area contributed by atoms with Crippen molar-refractivity contribution in [1.82, 2.24) is 14.9 Å². The lowest BCUT2D eigenvalue weighted by molar-refractivity contribution is 0.252. The molecular weight excluding hydrogens is 324 g/mol. The van der Waals surface area contributed by atoms with Gasteiger partial charge in [0.1, 0.15) is 5.65 Å². The number of halogens is 1. The Hall–Kier alpha value is -2.53. The van der Waals surface area contributed by atoms with E-state index in [0.29, 0.717) is 17.3 Å². The van der Waals surface area contributed by atoms with E-state index in [2.05, 4.69) is 39.4 Å². The van der Waals surface area contributed by atoms with E-state index in [1.54, 1.807) is 30.5 Å². The lowest BCUT2D eigenvalue weighted by atomic mass is 10.1. The van der Waals surface area contributed by atoms with Crippen LogP contribution in [0.1, 0.15) is 12.5 Å². The Balaban J connectivity index is 1.58. The van der Waals surface area contributed by atoms with Crippen molar-refractivity contribution < 1.29 is 4.79 Å². The molecule has 6 heteroatoms. The fourth-order valence-electron chi connectivity index (χ4n) is 2.65. The highest BCUT2D eigenvalue weighted by Gasteiger charge is 2.08. The first-order chi connectivity index (χ1) is 11.7. The number of carbonyl (C=O) groups is 1. The molecule has 0 bridgehead atoms. The maximum atomic E-state index is 11.9. The minimum absolute atomic E-state index is 0.227. The third-order valence-electron chi connectivity index (χ3n) is 3.84. The number of nitrogens with one attached hydrogen (secondary N) is 2. The number of hydrogen-bond acceptors (Lipinski definition) is 2. The minimum Gasteiger partial charge on any atom is -0.338 e. The van der Waals surface area contributed by atoms with Crippen LogP contribution >= 0.6 is 11.6 Å². The van der Waals surface area contributed by atoms with Gasteiger partial charge in [0.15, 0.2) is 0 Å². The summed E-state index contributed by atoms with van der Waals surface area (Å²) in [6.07, 6.45) is 4.66. The molecule has 0 saturated heterocycles. The van der Waals surface area contributed by atoms with Crippen molar-refractivity contribution >= 4 is 34.4 Å².